The predicted octanol–water partition coefficient (Wildman–Crippen LogP) is 4.27. The second-order valence-corrected chi connectivity index (χ2v) is 9.49. The normalized spacial score (nSPS) is 16.0. The van der Waals surface area contributed by atoms with Crippen molar-refractivity contribution in [3.05, 3.63) is 58.1 Å². The summed E-state index contributed by atoms with van der Waals surface area (Å²) in [6.07, 6.45) is 0.537. The summed E-state index contributed by atoms with van der Waals surface area (Å²) in [7, 11) is -4.18. The first kappa shape index (κ1) is 21.7. The zero-order chi connectivity index (χ0) is 21.3. The minimum absolute atomic E-state index is 0.0387. The van der Waals surface area contributed by atoms with E-state index in [9.17, 15) is 22.0 Å². The van der Waals surface area contributed by atoms with Crippen molar-refractivity contribution >= 4 is 33.2 Å². The third-order valence-electron chi connectivity index (χ3n) is 5.02. The van der Waals surface area contributed by atoms with E-state index in [1.165, 1.54) is 0 Å². The third kappa shape index (κ3) is 4.60. The Balaban J connectivity index is 1.69. The van der Waals surface area contributed by atoms with Crippen LogP contribution < -0.4 is 5.32 Å². The van der Waals surface area contributed by atoms with Gasteiger partial charge >= 0.3 is 0 Å². The average Bonchev–Trinajstić information content (AvgIpc) is 2.66. The number of aryl methyl sites for hydroxylation is 2. The zero-order valence-corrected chi connectivity index (χ0v) is 17.6. The Labute approximate surface area is 173 Å². The van der Waals surface area contributed by atoms with Gasteiger partial charge in [0.15, 0.2) is 0 Å². The molecule has 0 aliphatic carbocycles. The highest BCUT2D eigenvalue weighted by molar-refractivity contribution is 7.89. The van der Waals surface area contributed by atoms with Gasteiger partial charge in [-0.05, 0) is 62.1 Å². The van der Waals surface area contributed by atoms with Crippen molar-refractivity contribution in [2.24, 2.45) is 5.92 Å². The lowest BCUT2D eigenvalue weighted by Gasteiger charge is -2.30. The number of piperidine rings is 1. The molecule has 0 radical (unpaired) electrons. The number of nitrogens with zero attached hydrogens (tertiary/aromatic N) is 1. The van der Waals surface area contributed by atoms with Crippen molar-refractivity contribution in [1.82, 2.24) is 4.31 Å². The number of carbonyl (C=O) groups excluding carboxylic acids is 1. The van der Waals surface area contributed by atoms with E-state index in [1.807, 2.05) is 19.9 Å². The number of halogens is 3. The molecule has 0 aromatic heterocycles. The molecule has 0 bridgehead atoms. The van der Waals surface area contributed by atoms with Gasteiger partial charge in [0, 0.05) is 19.0 Å². The van der Waals surface area contributed by atoms with Crippen LogP contribution in [0, 0.1) is 31.4 Å². The molecule has 1 N–H and O–H groups in total. The molecule has 2 aromatic carbocycles. The Hall–Kier alpha value is -2.03. The number of carbonyl (C=O) groups is 1. The number of anilines is 1. The number of sulfonamides is 1. The summed E-state index contributed by atoms with van der Waals surface area (Å²) >= 11 is 6.23. The summed E-state index contributed by atoms with van der Waals surface area (Å²) in [6, 6.07) is 5.99. The molecule has 1 aliphatic heterocycles. The van der Waals surface area contributed by atoms with Gasteiger partial charge < -0.3 is 5.32 Å². The van der Waals surface area contributed by atoms with Gasteiger partial charge in [-0.25, -0.2) is 17.2 Å². The summed E-state index contributed by atoms with van der Waals surface area (Å²) in [4.78, 5) is 11.9. The van der Waals surface area contributed by atoms with E-state index >= 15 is 0 Å². The van der Waals surface area contributed by atoms with Crippen molar-refractivity contribution in [2.45, 2.75) is 31.6 Å². The van der Waals surface area contributed by atoms with E-state index in [-0.39, 0.29) is 31.8 Å². The van der Waals surface area contributed by atoms with E-state index < -0.39 is 32.5 Å². The van der Waals surface area contributed by atoms with Gasteiger partial charge in [0.05, 0.1) is 10.7 Å². The first-order chi connectivity index (χ1) is 13.6. The molecule has 2 aromatic rings. The standard InChI is InChI=1S/C20H21ClF2N2O3S/c1-12-9-13(2)19(16(21)10-12)24-20(26)14-5-7-25(8-6-14)29(27,28)18-11-15(22)3-4-17(18)23/h3-4,9-11,14H,5-8H2,1-2H3,(H,24,26). The maximum atomic E-state index is 13.9. The predicted molar refractivity (Wildman–Crippen MR) is 107 cm³/mol. The smallest absolute Gasteiger partial charge is 0.246 e. The molecule has 156 valence electrons. The molecule has 1 heterocycles. The lowest BCUT2D eigenvalue weighted by Crippen LogP contribution is -2.41. The molecule has 0 unspecified atom stereocenters. The van der Waals surface area contributed by atoms with Crippen molar-refractivity contribution < 1.29 is 22.0 Å². The second kappa shape index (κ2) is 8.38. The van der Waals surface area contributed by atoms with E-state index in [2.05, 4.69) is 5.32 Å². The van der Waals surface area contributed by atoms with E-state index in [0.29, 0.717) is 16.8 Å². The van der Waals surface area contributed by atoms with Crippen molar-refractivity contribution in [2.75, 3.05) is 18.4 Å². The number of amides is 1. The molecule has 0 saturated carbocycles. The molecule has 1 aliphatic rings. The summed E-state index contributed by atoms with van der Waals surface area (Å²) in [6.45, 7) is 3.83. The van der Waals surface area contributed by atoms with Gasteiger partial charge in [0.1, 0.15) is 16.5 Å². The number of nitrogens with one attached hydrogen (secondary N) is 1. The number of benzene rings is 2. The lowest BCUT2D eigenvalue weighted by molar-refractivity contribution is -0.120. The number of hydrogen-bond acceptors (Lipinski definition) is 3. The average molecular weight is 443 g/mol. The number of rotatable bonds is 4. The van der Waals surface area contributed by atoms with Crippen molar-refractivity contribution in [1.29, 1.82) is 0 Å². The summed E-state index contributed by atoms with van der Waals surface area (Å²) in [5.74, 6) is -2.48. The largest absolute Gasteiger partial charge is 0.324 e. The minimum atomic E-state index is -4.18. The van der Waals surface area contributed by atoms with Crippen LogP contribution >= 0.6 is 11.6 Å². The highest BCUT2D eigenvalue weighted by atomic mass is 35.5. The summed E-state index contributed by atoms with van der Waals surface area (Å²) in [5, 5.41) is 3.27. The van der Waals surface area contributed by atoms with Crippen molar-refractivity contribution in [3.63, 3.8) is 0 Å². The van der Waals surface area contributed by atoms with Crippen LogP contribution in [0.4, 0.5) is 14.5 Å². The SMILES string of the molecule is Cc1cc(C)c(NC(=O)C2CCN(S(=O)(=O)c3cc(F)ccc3F)CC2)c(Cl)c1. The van der Waals surface area contributed by atoms with Crippen LogP contribution in [-0.4, -0.2) is 31.7 Å². The Bertz CT molecular complexity index is 1030. The monoisotopic (exact) mass is 442 g/mol. The summed E-state index contributed by atoms with van der Waals surface area (Å²) < 4.78 is 53.7. The molecule has 1 saturated heterocycles. The van der Waals surface area contributed by atoms with Crippen LogP contribution in [0.1, 0.15) is 24.0 Å². The molecule has 9 heteroatoms. The fourth-order valence-corrected chi connectivity index (χ4v) is 5.39. The van der Waals surface area contributed by atoms with Crippen LogP contribution in [0.25, 0.3) is 0 Å². The van der Waals surface area contributed by atoms with Crippen LogP contribution in [0.2, 0.25) is 5.02 Å². The topological polar surface area (TPSA) is 66.5 Å². The van der Waals surface area contributed by atoms with Gasteiger partial charge in [-0.1, -0.05) is 17.7 Å². The van der Waals surface area contributed by atoms with E-state index in [4.69, 9.17) is 11.6 Å². The van der Waals surface area contributed by atoms with E-state index in [1.54, 1.807) is 6.07 Å². The lowest BCUT2D eigenvalue weighted by atomic mass is 9.97. The fraction of sp³-hybridized carbons (Fsp3) is 0.350. The Morgan fingerprint density at radius 1 is 1.14 bits per heavy atom. The van der Waals surface area contributed by atoms with E-state index in [0.717, 1.165) is 27.6 Å². The van der Waals surface area contributed by atoms with Gasteiger partial charge in [-0.3, -0.25) is 4.79 Å². The third-order valence-corrected chi connectivity index (χ3v) is 7.23. The van der Waals surface area contributed by atoms with Crippen molar-refractivity contribution in [3.8, 4) is 0 Å². The quantitative estimate of drug-likeness (QED) is 0.768. The van der Waals surface area contributed by atoms with Crippen LogP contribution in [-0.2, 0) is 14.8 Å². The molecule has 1 fully saturated rings. The first-order valence-corrected chi connectivity index (χ1v) is 10.9. The first-order valence-electron chi connectivity index (χ1n) is 9.12. The maximum Gasteiger partial charge on any atom is 0.246 e. The second-order valence-electron chi connectivity index (χ2n) is 7.18. The molecule has 29 heavy (non-hydrogen) atoms. The van der Waals surface area contributed by atoms with Crippen LogP contribution in [0.3, 0.4) is 0 Å². The zero-order valence-electron chi connectivity index (χ0n) is 16.0. The fourth-order valence-electron chi connectivity index (χ4n) is 3.47. The highest BCUT2D eigenvalue weighted by Crippen LogP contribution is 2.30. The summed E-state index contributed by atoms with van der Waals surface area (Å²) in [5.41, 5.74) is 2.36. The molecular weight excluding hydrogens is 422 g/mol. The molecule has 5 nitrogen and oxygen atoms in total. The van der Waals surface area contributed by atoms with Gasteiger partial charge in [-0.2, -0.15) is 4.31 Å². The molecule has 3 rings (SSSR count). The Morgan fingerprint density at radius 3 is 2.41 bits per heavy atom. The van der Waals surface area contributed by atoms with Gasteiger partial charge in [0.2, 0.25) is 15.9 Å². The molecule has 0 spiro atoms. The highest BCUT2D eigenvalue weighted by Gasteiger charge is 2.34. The Morgan fingerprint density at radius 2 is 1.79 bits per heavy atom. The maximum absolute atomic E-state index is 13.9. The van der Waals surface area contributed by atoms with Gasteiger partial charge in [0.25, 0.3) is 0 Å². The molecular formula is C20H21ClF2N2O3S. The number of hydrogen-bond donors (Lipinski definition) is 1. The minimum Gasteiger partial charge on any atom is -0.324 e. The van der Waals surface area contributed by atoms with Gasteiger partial charge in [-0.15, -0.1) is 0 Å². The molecule has 0 atom stereocenters. The Kier molecular flexibility index (Phi) is 6.26. The molecule has 1 amide bonds. The van der Waals surface area contributed by atoms with Crippen LogP contribution in [0.15, 0.2) is 35.2 Å². The van der Waals surface area contributed by atoms with Crippen LogP contribution in [0.5, 0.6) is 0 Å².